The van der Waals surface area contributed by atoms with Gasteiger partial charge in [0.25, 0.3) is 0 Å². The largest absolute Gasteiger partial charge is 0.491 e. The zero-order valence-electron chi connectivity index (χ0n) is 9.25. The SMILES string of the molecule is CC(Cl)c1nnnn1C1COc2ccccc21. The zero-order chi connectivity index (χ0) is 11.8. The van der Waals surface area contributed by atoms with Crippen LogP contribution in [0.25, 0.3) is 0 Å². The van der Waals surface area contributed by atoms with E-state index in [1.54, 1.807) is 4.68 Å². The summed E-state index contributed by atoms with van der Waals surface area (Å²) in [5, 5.41) is 11.4. The molecular formula is C11H11ClN4O. The smallest absolute Gasteiger partial charge is 0.169 e. The minimum atomic E-state index is -0.224. The van der Waals surface area contributed by atoms with E-state index in [1.807, 2.05) is 31.2 Å². The molecule has 0 spiro atoms. The molecule has 3 rings (SSSR count). The molecule has 0 saturated heterocycles. The van der Waals surface area contributed by atoms with E-state index in [0.29, 0.717) is 12.4 Å². The van der Waals surface area contributed by atoms with Crippen LogP contribution in [0.1, 0.15) is 29.7 Å². The van der Waals surface area contributed by atoms with Crippen LogP contribution in [0.15, 0.2) is 24.3 Å². The quantitative estimate of drug-likeness (QED) is 0.765. The maximum absolute atomic E-state index is 6.05. The van der Waals surface area contributed by atoms with Crippen LogP contribution >= 0.6 is 11.6 Å². The third-order valence-corrected chi connectivity index (χ3v) is 3.04. The molecule has 5 nitrogen and oxygen atoms in total. The van der Waals surface area contributed by atoms with Crippen molar-refractivity contribution in [3.05, 3.63) is 35.7 Å². The van der Waals surface area contributed by atoms with E-state index in [4.69, 9.17) is 16.3 Å². The first-order chi connectivity index (χ1) is 8.27. The lowest BCUT2D eigenvalue weighted by Crippen LogP contribution is -2.17. The van der Waals surface area contributed by atoms with Crippen molar-refractivity contribution >= 4 is 11.6 Å². The standard InChI is InChI=1S/C11H11ClN4O/c1-7(12)11-13-14-15-16(11)9-6-17-10-5-3-2-4-8(9)10/h2-5,7,9H,6H2,1H3. The molecule has 0 fully saturated rings. The minimum Gasteiger partial charge on any atom is -0.491 e. The van der Waals surface area contributed by atoms with Crippen molar-refractivity contribution < 1.29 is 4.74 Å². The molecule has 2 atom stereocenters. The van der Waals surface area contributed by atoms with Crippen LogP contribution in [0.4, 0.5) is 0 Å². The fraction of sp³-hybridized carbons (Fsp3) is 0.364. The minimum absolute atomic E-state index is 0.0115. The Bertz CT molecular complexity index is 540. The molecule has 2 aromatic rings. The number of halogens is 1. The molecule has 2 heterocycles. The molecule has 2 unspecified atom stereocenters. The molecule has 0 saturated carbocycles. The van der Waals surface area contributed by atoms with Gasteiger partial charge in [0.2, 0.25) is 0 Å². The van der Waals surface area contributed by atoms with Crippen molar-refractivity contribution in [1.29, 1.82) is 0 Å². The van der Waals surface area contributed by atoms with E-state index in [0.717, 1.165) is 11.3 Å². The molecule has 1 aliphatic rings. The summed E-state index contributed by atoms with van der Waals surface area (Å²) >= 11 is 6.05. The van der Waals surface area contributed by atoms with Gasteiger partial charge in [-0.3, -0.25) is 0 Å². The fourth-order valence-electron chi connectivity index (χ4n) is 2.03. The number of nitrogens with zero attached hydrogens (tertiary/aromatic N) is 4. The number of alkyl halides is 1. The first-order valence-electron chi connectivity index (χ1n) is 5.41. The molecule has 88 valence electrons. The third-order valence-electron chi connectivity index (χ3n) is 2.84. The predicted molar refractivity (Wildman–Crippen MR) is 62.2 cm³/mol. The molecular weight excluding hydrogens is 240 g/mol. The number of tetrazole rings is 1. The summed E-state index contributed by atoms with van der Waals surface area (Å²) in [6.45, 7) is 2.40. The summed E-state index contributed by atoms with van der Waals surface area (Å²) in [6, 6.07) is 7.92. The number of hydrogen-bond donors (Lipinski definition) is 0. The molecule has 17 heavy (non-hydrogen) atoms. The number of hydrogen-bond acceptors (Lipinski definition) is 4. The Balaban J connectivity index is 2.04. The summed E-state index contributed by atoms with van der Waals surface area (Å²) in [5.74, 6) is 1.55. The van der Waals surface area contributed by atoms with Crippen LogP contribution in [0.3, 0.4) is 0 Å². The maximum Gasteiger partial charge on any atom is 0.169 e. The summed E-state index contributed by atoms with van der Waals surface area (Å²) in [7, 11) is 0. The zero-order valence-corrected chi connectivity index (χ0v) is 10.0. The molecule has 1 aromatic heterocycles. The number of rotatable bonds is 2. The molecule has 0 amide bonds. The van der Waals surface area contributed by atoms with Gasteiger partial charge in [0, 0.05) is 5.56 Å². The highest BCUT2D eigenvalue weighted by Gasteiger charge is 2.29. The predicted octanol–water partition coefficient (Wildman–Crippen LogP) is 1.95. The second-order valence-corrected chi connectivity index (χ2v) is 4.62. The van der Waals surface area contributed by atoms with Crippen molar-refractivity contribution in [2.75, 3.05) is 6.61 Å². The van der Waals surface area contributed by atoms with Crippen molar-refractivity contribution in [3.63, 3.8) is 0 Å². The van der Waals surface area contributed by atoms with Crippen LogP contribution in [0.2, 0.25) is 0 Å². The van der Waals surface area contributed by atoms with Crippen LogP contribution in [0.5, 0.6) is 5.75 Å². The Morgan fingerprint density at radius 3 is 3.12 bits per heavy atom. The van der Waals surface area contributed by atoms with Gasteiger partial charge in [-0.1, -0.05) is 18.2 Å². The van der Waals surface area contributed by atoms with Gasteiger partial charge < -0.3 is 4.74 Å². The van der Waals surface area contributed by atoms with E-state index < -0.39 is 0 Å². The van der Waals surface area contributed by atoms with Gasteiger partial charge in [0.05, 0.1) is 5.38 Å². The monoisotopic (exact) mass is 250 g/mol. The average Bonchev–Trinajstić information content (AvgIpc) is 2.94. The van der Waals surface area contributed by atoms with Crippen LogP contribution in [-0.4, -0.2) is 26.8 Å². The van der Waals surface area contributed by atoms with Gasteiger partial charge in [-0.25, -0.2) is 4.68 Å². The fourth-order valence-corrected chi connectivity index (χ4v) is 2.18. The molecule has 0 bridgehead atoms. The Labute approximate surface area is 103 Å². The Morgan fingerprint density at radius 2 is 2.29 bits per heavy atom. The van der Waals surface area contributed by atoms with Gasteiger partial charge in [-0.15, -0.1) is 16.7 Å². The highest BCUT2D eigenvalue weighted by Crippen LogP contribution is 2.35. The lowest BCUT2D eigenvalue weighted by atomic mass is 10.1. The number of ether oxygens (including phenoxy) is 1. The summed E-state index contributed by atoms with van der Waals surface area (Å²) < 4.78 is 7.35. The highest BCUT2D eigenvalue weighted by atomic mass is 35.5. The number of para-hydroxylation sites is 1. The van der Waals surface area contributed by atoms with Crippen LogP contribution < -0.4 is 4.74 Å². The topological polar surface area (TPSA) is 52.8 Å². The van der Waals surface area contributed by atoms with Crippen LogP contribution in [-0.2, 0) is 0 Å². The van der Waals surface area contributed by atoms with Gasteiger partial charge >= 0.3 is 0 Å². The summed E-state index contributed by atoms with van der Waals surface area (Å²) in [4.78, 5) is 0. The maximum atomic E-state index is 6.05. The molecule has 0 aliphatic carbocycles. The van der Waals surface area contributed by atoms with Crippen molar-refractivity contribution in [2.24, 2.45) is 0 Å². The van der Waals surface area contributed by atoms with E-state index in [-0.39, 0.29) is 11.4 Å². The Hall–Kier alpha value is -1.62. The Morgan fingerprint density at radius 1 is 1.47 bits per heavy atom. The molecule has 1 aliphatic heterocycles. The highest BCUT2D eigenvalue weighted by molar-refractivity contribution is 6.20. The third kappa shape index (κ3) is 1.67. The summed E-state index contributed by atoms with van der Waals surface area (Å²) in [5.41, 5.74) is 1.10. The lowest BCUT2D eigenvalue weighted by Gasteiger charge is -2.11. The van der Waals surface area contributed by atoms with Crippen LogP contribution in [0, 0.1) is 0 Å². The van der Waals surface area contributed by atoms with E-state index in [2.05, 4.69) is 15.5 Å². The summed E-state index contributed by atoms with van der Waals surface area (Å²) in [6.07, 6.45) is 0. The van der Waals surface area contributed by atoms with Gasteiger partial charge in [-0.2, -0.15) is 0 Å². The van der Waals surface area contributed by atoms with E-state index in [9.17, 15) is 0 Å². The van der Waals surface area contributed by atoms with Crippen molar-refractivity contribution in [1.82, 2.24) is 20.2 Å². The van der Waals surface area contributed by atoms with Crippen molar-refractivity contribution in [3.8, 4) is 5.75 Å². The second kappa shape index (κ2) is 4.00. The second-order valence-electron chi connectivity index (χ2n) is 3.96. The first-order valence-corrected chi connectivity index (χ1v) is 5.84. The lowest BCUT2D eigenvalue weighted by molar-refractivity contribution is 0.303. The molecule has 0 N–H and O–H groups in total. The van der Waals surface area contributed by atoms with E-state index >= 15 is 0 Å². The normalized spacial score (nSPS) is 19.8. The number of fused-ring (bicyclic) bond motifs is 1. The van der Waals surface area contributed by atoms with Crippen molar-refractivity contribution in [2.45, 2.75) is 18.3 Å². The molecule has 1 aromatic carbocycles. The van der Waals surface area contributed by atoms with Gasteiger partial charge in [0.15, 0.2) is 5.82 Å². The van der Waals surface area contributed by atoms with Gasteiger partial charge in [0.1, 0.15) is 18.4 Å². The first kappa shape index (κ1) is 10.5. The molecule has 0 radical (unpaired) electrons. The molecule has 6 heteroatoms. The van der Waals surface area contributed by atoms with Gasteiger partial charge in [-0.05, 0) is 23.4 Å². The number of aromatic nitrogens is 4. The Kier molecular flexibility index (Phi) is 2.48. The average molecular weight is 251 g/mol. The number of benzene rings is 1. The van der Waals surface area contributed by atoms with E-state index in [1.165, 1.54) is 0 Å².